The minimum Gasteiger partial charge on any atom is -0.344 e. The molecule has 0 saturated carbocycles. The molecule has 0 bridgehead atoms. The number of nitrogens with zero attached hydrogens (tertiary/aromatic N) is 1. The van der Waals surface area contributed by atoms with Crippen molar-refractivity contribution in [1.82, 2.24) is 0 Å². The highest BCUT2D eigenvalue weighted by molar-refractivity contribution is 7.97. The van der Waals surface area contributed by atoms with Crippen LogP contribution in [-0.2, 0) is 4.84 Å². The van der Waals surface area contributed by atoms with Crippen molar-refractivity contribution < 1.29 is 9.63 Å². The predicted molar refractivity (Wildman–Crippen MR) is 169 cm³/mol. The maximum Gasteiger partial charge on any atom is 0.222 e. The summed E-state index contributed by atoms with van der Waals surface area (Å²) >= 11 is 5.81. The molecule has 0 aliphatic rings. The van der Waals surface area contributed by atoms with Crippen LogP contribution >= 0.6 is 19.1 Å². The van der Waals surface area contributed by atoms with Gasteiger partial charge >= 0.3 is 0 Å². The average molecular weight is 544 g/mol. The van der Waals surface area contributed by atoms with E-state index < -0.39 is 6.89 Å². The van der Waals surface area contributed by atoms with Gasteiger partial charge in [-0.15, -0.1) is 0 Å². The van der Waals surface area contributed by atoms with Gasteiger partial charge in [-0.1, -0.05) is 157 Å². The topological polar surface area (TPSA) is 38.7 Å². The molecule has 0 spiro atoms. The summed E-state index contributed by atoms with van der Waals surface area (Å²) in [7, 11) is 0. The lowest BCUT2D eigenvalue weighted by atomic mass is 10.0. The fourth-order valence-corrected chi connectivity index (χ4v) is 8.62. The van der Waals surface area contributed by atoms with Crippen molar-refractivity contribution in [2.45, 2.75) is 0 Å². The zero-order valence-electron chi connectivity index (χ0n) is 21.1. The number of thiocarbonyl (C=S) groups is 1. The lowest BCUT2D eigenvalue weighted by molar-refractivity contribution is 0.106. The monoisotopic (exact) mass is 543 g/mol. The third kappa shape index (κ3) is 5.88. The first-order chi connectivity index (χ1) is 19.2. The second kappa shape index (κ2) is 12.4. The first-order valence-corrected chi connectivity index (χ1v) is 14.8. The van der Waals surface area contributed by atoms with Crippen molar-refractivity contribution >= 4 is 57.4 Å². The van der Waals surface area contributed by atoms with Crippen molar-refractivity contribution in [3.8, 4) is 0 Å². The Morgan fingerprint density at radius 3 is 1.33 bits per heavy atom. The van der Waals surface area contributed by atoms with Crippen molar-refractivity contribution in [3.63, 3.8) is 0 Å². The van der Waals surface area contributed by atoms with Crippen LogP contribution in [0.15, 0.2) is 157 Å². The molecule has 0 heterocycles. The molecule has 0 fully saturated rings. The second-order valence-corrected chi connectivity index (χ2v) is 12.4. The summed E-state index contributed by atoms with van der Waals surface area (Å²) in [6.07, 6.45) is 0. The Balaban J connectivity index is 1.64. The fraction of sp³-hybridized carbons (Fsp3) is 0. The Kier molecular flexibility index (Phi) is 8.38. The van der Waals surface area contributed by atoms with E-state index in [2.05, 4.69) is 41.6 Å². The molecule has 5 heteroatoms. The standard InChI is InChI=1S/C34H26NO2PS/c36-34(28-18-8-2-9-19-28)33(27-16-6-1-7-17-27)35-37-32(39)26-38(29-20-10-3-11-21-29,30-22-12-4-13-23-30)31-24-14-5-15-25-31/h1-26H. The van der Waals surface area contributed by atoms with Gasteiger partial charge in [0.25, 0.3) is 0 Å². The number of oxime groups is 1. The molecule has 39 heavy (non-hydrogen) atoms. The normalized spacial score (nSPS) is 11.4. The van der Waals surface area contributed by atoms with E-state index in [1.807, 2.05) is 109 Å². The van der Waals surface area contributed by atoms with E-state index in [1.54, 1.807) is 12.1 Å². The number of carbonyl (C=O) groups is 1. The first-order valence-electron chi connectivity index (χ1n) is 12.5. The second-order valence-electron chi connectivity index (χ2n) is 8.77. The molecule has 0 atom stereocenters. The fourth-order valence-electron chi connectivity index (χ4n) is 4.48. The Morgan fingerprint density at radius 2 is 0.923 bits per heavy atom. The van der Waals surface area contributed by atoms with E-state index in [-0.39, 0.29) is 16.5 Å². The van der Waals surface area contributed by atoms with Gasteiger partial charge in [0.2, 0.25) is 10.8 Å². The highest BCUT2D eigenvalue weighted by Crippen LogP contribution is 2.43. The number of hydrogen-bond acceptors (Lipinski definition) is 4. The summed E-state index contributed by atoms with van der Waals surface area (Å²) in [5.41, 5.74) is 1.38. The lowest BCUT2D eigenvalue weighted by Crippen LogP contribution is -2.28. The Hall–Kier alpha value is -4.37. The zero-order chi connectivity index (χ0) is 26.9. The molecule has 0 aliphatic heterocycles. The number of rotatable bonds is 8. The van der Waals surface area contributed by atoms with Crippen LogP contribution in [0.1, 0.15) is 15.9 Å². The third-order valence-corrected chi connectivity index (χ3v) is 10.6. The minimum absolute atomic E-state index is 0.195. The molecule has 0 radical (unpaired) electrons. The van der Waals surface area contributed by atoms with Crippen molar-refractivity contribution in [2.75, 3.05) is 0 Å². The summed E-state index contributed by atoms with van der Waals surface area (Å²) in [6.45, 7) is -2.37. The number of ketones is 1. The van der Waals surface area contributed by atoms with Gasteiger partial charge in [0.1, 0.15) is 0 Å². The molecule has 0 aliphatic carbocycles. The molecule has 5 aromatic rings. The van der Waals surface area contributed by atoms with E-state index in [9.17, 15) is 4.79 Å². The molecule has 0 saturated heterocycles. The summed E-state index contributed by atoms with van der Waals surface area (Å²) in [5.74, 6) is 1.78. The number of benzene rings is 5. The molecule has 0 aromatic heterocycles. The molecule has 0 N–H and O–H groups in total. The average Bonchev–Trinajstić information content (AvgIpc) is 3.02. The van der Waals surface area contributed by atoms with Crippen LogP contribution in [0.5, 0.6) is 0 Å². The number of carbonyl (C=O) groups excluding carboxylic acids is 1. The van der Waals surface area contributed by atoms with E-state index in [0.29, 0.717) is 11.1 Å². The van der Waals surface area contributed by atoms with Crippen LogP contribution in [0.25, 0.3) is 0 Å². The van der Waals surface area contributed by atoms with E-state index in [0.717, 1.165) is 15.9 Å². The van der Waals surface area contributed by atoms with Gasteiger partial charge in [0.15, 0.2) is 5.71 Å². The quantitative estimate of drug-likeness (QED) is 0.0746. The van der Waals surface area contributed by atoms with Crippen LogP contribution in [-0.4, -0.2) is 22.3 Å². The maximum absolute atomic E-state index is 13.5. The molecule has 0 unspecified atom stereocenters. The zero-order valence-corrected chi connectivity index (χ0v) is 22.8. The molecule has 190 valence electrons. The van der Waals surface area contributed by atoms with Gasteiger partial charge in [-0.25, -0.2) is 0 Å². The van der Waals surface area contributed by atoms with Crippen LogP contribution in [0.3, 0.4) is 0 Å². The predicted octanol–water partition coefficient (Wildman–Crippen LogP) is 6.41. The highest BCUT2D eigenvalue weighted by atomic mass is 32.1. The third-order valence-electron chi connectivity index (χ3n) is 6.31. The summed E-state index contributed by atoms with van der Waals surface area (Å²) in [6, 6.07) is 49.4. The summed E-state index contributed by atoms with van der Waals surface area (Å²) in [5, 5.41) is 7.97. The van der Waals surface area contributed by atoms with Crippen molar-refractivity contribution in [2.24, 2.45) is 5.16 Å². The van der Waals surface area contributed by atoms with Gasteiger partial charge in [0, 0.05) is 16.9 Å². The first kappa shape index (κ1) is 26.2. The molecule has 5 aromatic carbocycles. The van der Waals surface area contributed by atoms with Crippen molar-refractivity contribution in [1.29, 1.82) is 0 Å². The lowest BCUT2D eigenvalue weighted by Gasteiger charge is -2.28. The molecule has 5 rings (SSSR count). The number of Topliss-reactive ketones (excluding diaryl/α,β-unsaturated/α-hetero) is 1. The minimum atomic E-state index is -2.37. The van der Waals surface area contributed by atoms with Gasteiger partial charge in [0.05, 0.1) is 0 Å². The highest BCUT2D eigenvalue weighted by Gasteiger charge is 2.26. The maximum atomic E-state index is 13.5. The van der Waals surface area contributed by atoms with Crippen LogP contribution in [0.2, 0.25) is 0 Å². The van der Waals surface area contributed by atoms with Crippen molar-refractivity contribution in [3.05, 3.63) is 163 Å². The molecule has 3 nitrogen and oxygen atoms in total. The van der Waals surface area contributed by atoms with Gasteiger partial charge in [-0.3, -0.25) is 4.79 Å². The van der Waals surface area contributed by atoms with Gasteiger partial charge in [-0.2, -0.15) is 0 Å². The Bertz CT molecular complexity index is 1530. The van der Waals surface area contributed by atoms with Crippen LogP contribution in [0, 0.1) is 0 Å². The molecule has 0 amide bonds. The molecular weight excluding hydrogens is 517 g/mol. The largest absolute Gasteiger partial charge is 0.344 e. The number of hydrogen-bond donors (Lipinski definition) is 0. The van der Waals surface area contributed by atoms with Crippen LogP contribution < -0.4 is 15.9 Å². The summed E-state index contributed by atoms with van der Waals surface area (Å²) < 4.78 is 0. The smallest absolute Gasteiger partial charge is 0.222 e. The van der Waals surface area contributed by atoms with Gasteiger partial charge < -0.3 is 4.84 Å². The Morgan fingerprint density at radius 1 is 0.564 bits per heavy atom. The Labute approximate surface area is 234 Å². The van der Waals surface area contributed by atoms with E-state index >= 15 is 0 Å². The van der Waals surface area contributed by atoms with E-state index in [4.69, 9.17) is 17.1 Å². The van der Waals surface area contributed by atoms with Crippen LogP contribution in [0.4, 0.5) is 0 Å². The molecular formula is C34H26NO2PS. The summed E-state index contributed by atoms with van der Waals surface area (Å²) in [4.78, 5) is 19.3. The van der Waals surface area contributed by atoms with Gasteiger partial charge in [-0.05, 0) is 35.0 Å². The van der Waals surface area contributed by atoms with E-state index in [1.165, 1.54) is 0 Å². The SMILES string of the molecule is O=C(C(=NOC(=S)C=P(c1ccccc1)(c1ccccc1)c1ccccc1)c1ccccc1)c1ccccc1.